The number of esters is 1. The van der Waals surface area contributed by atoms with E-state index >= 15 is 0 Å². The Labute approximate surface area is 163 Å². The minimum atomic E-state index is -0.594. The molecule has 1 amide bonds. The van der Waals surface area contributed by atoms with E-state index in [1.165, 1.54) is 12.1 Å². The number of nitro benzene ring substituents is 1. The molecular formula is C20H26N2O6. The molecule has 0 N–H and O–H groups in total. The number of hydrogen-bond acceptors (Lipinski definition) is 6. The van der Waals surface area contributed by atoms with Gasteiger partial charge in [0.1, 0.15) is 12.6 Å². The van der Waals surface area contributed by atoms with Gasteiger partial charge in [-0.15, -0.1) is 0 Å². The molecule has 1 heterocycles. The van der Waals surface area contributed by atoms with E-state index in [1.807, 2.05) is 6.92 Å². The molecule has 1 aromatic carbocycles. The van der Waals surface area contributed by atoms with Crippen LogP contribution in [0.3, 0.4) is 0 Å². The SMILES string of the molecule is CCCOC(=O)C1CC2CCCCC2N1C(=O)OCc1ccc([N+](=O)[O-])cc1. The van der Waals surface area contributed by atoms with Crippen molar-refractivity contribution >= 4 is 17.7 Å². The Balaban J connectivity index is 1.67. The molecule has 8 nitrogen and oxygen atoms in total. The highest BCUT2D eigenvalue weighted by molar-refractivity contribution is 5.82. The Morgan fingerprint density at radius 3 is 2.57 bits per heavy atom. The van der Waals surface area contributed by atoms with Gasteiger partial charge in [0.05, 0.1) is 11.5 Å². The normalized spacial score (nSPS) is 23.8. The molecule has 0 radical (unpaired) electrons. The molecule has 0 aromatic heterocycles. The lowest BCUT2D eigenvalue weighted by atomic mass is 9.85. The largest absolute Gasteiger partial charge is 0.464 e. The van der Waals surface area contributed by atoms with Gasteiger partial charge < -0.3 is 9.47 Å². The molecule has 1 aliphatic heterocycles. The van der Waals surface area contributed by atoms with Crippen LogP contribution in [0.1, 0.15) is 51.0 Å². The fraction of sp³-hybridized carbons (Fsp3) is 0.600. The van der Waals surface area contributed by atoms with Gasteiger partial charge in [-0.3, -0.25) is 15.0 Å². The summed E-state index contributed by atoms with van der Waals surface area (Å²) in [6.45, 7) is 2.27. The van der Waals surface area contributed by atoms with Crippen LogP contribution in [0.25, 0.3) is 0 Å². The third-order valence-corrected chi connectivity index (χ3v) is 5.53. The Hall–Kier alpha value is -2.64. The van der Waals surface area contributed by atoms with Crippen LogP contribution >= 0.6 is 0 Å². The number of nitrogens with zero attached hydrogens (tertiary/aromatic N) is 2. The summed E-state index contributed by atoms with van der Waals surface area (Å²) in [5, 5.41) is 10.7. The van der Waals surface area contributed by atoms with Crippen molar-refractivity contribution in [2.45, 2.75) is 64.1 Å². The number of likely N-dealkylation sites (tertiary alicyclic amines) is 1. The molecule has 3 unspecified atom stereocenters. The average molecular weight is 390 g/mol. The summed E-state index contributed by atoms with van der Waals surface area (Å²) >= 11 is 0. The Bertz CT molecular complexity index is 720. The van der Waals surface area contributed by atoms with Crippen molar-refractivity contribution in [1.29, 1.82) is 0 Å². The first-order valence-corrected chi connectivity index (χ1v) is 9.86. The smallest absolute Gasteiger partial charge is 0.411 e. The van der Waals surface area contributed by atoms with Crippen LogP contribution in [-0.2, 0) is 20.9 Å². The summed E-state index contributed by atoms with van der Waals surface area (Å²) in [5.41, 5.74) is 0.641. The molecule has 1 aromatic rings. The molecule has 2 fully saturated rings. The van der Waals surface area contributed by atoms with E-state index in [2.05, 4.69) is 0 Å². The lowest BCUT2D eigenvalue weighted by Crippen LogP contribution is -2.47. The van der Waals surface area contributed by atoms with Gasteiger partial charge in [0.2, 0.25) is 0 Å². The number of ether oxygens (including phenoxy) is 2. The number of amides is 1. The van der Waals surface area contributed by atoms with E-state index in [9.17, 15) is 19.7 Å². The van der Waals surface area contributed by atoms with Gasteiger partial charge >= 0.3 is 12.1 Å². The van der Waals surface area contributed by atoms with Gasteiger partial charge in [0, 0.05) is 18.2 Å². The second-order valence-corrected chi connectivity index (χ2v) is 7.42. The summed E-state index contributed by atoms with van der Waals surface area (Å²) in [6.07, 6.45) is 4.86. The van der Waals surface area contributed by atoms with Crippen LogP contribution in [-0.4, -0.2) is 40.6 Å². The van der Waals surface area contributed by atoms with E-state index < -0.39 is 17.1 Å². The zero-order valence-electron chi connectivity index (χ0n) is 16.0. The lowest BCUT2D eigenvalue weighted by Gasteiger charge is -2.32. The number of non-ortho nitro benzene ring substituents is 1. The third kappa shape index (κ3) is 4.43. The van der Waals surface area contributed by atoms with Crippen LogP contribution in [0.15, 0.2) is 24.3 Å². The molecule has 0 bridgehead atoms. The van der Waals surface area contributed by atoms with Crippen molar-refractivity contribution in [3.8, 4) is 0 Å². The summed E-state index contributed by atoms with van der Waals surface area (Å²) in [5.74, 6) is -0.0524. The average Bonchev–Trinajstić information content (AvgIpc) is 3.10. The zero-order valence-corrected chi connectivity index (χ0v) is 16.0. The minimum absolute atomic E-state index is 0.00143. The first-order chi connectivity index (χ1) is 13.5. The van der Waals surface area contributed by atoms with Crippen molar-refractivity contribution in [3.63, 3.8) is 0 Å². The van der Waals surface area contributed by atoms with E-state index in [0.29, 0.717) is 24.5 Å². The number of carbonyl (C=O) groups is 2. The standard InChI is InChI=1S/C20H26N2O6/c1-2-11-27-19(23)18-12-15-5-3-4-6-17(15)21(18)20(24)28-13-14-7-9-16(10-8-14)22(25)26/h7-10,15,17-18H,2-6,11-13H2,1H3. The topological polar surface area (TPSA) is 99.0 Å². The maximum absolute atomic E-state index is 12.8. The minimum Gasteiger partial charge on any atom is -0.464 e. The highest BCUT2D eigenvalue weighted by Crippen LogP contribution is 2.40. The fourth-order valence-corrected chi connectivity index (χ4v) is 4.17. The molecule has 2 aliphatic rings. The van der Waals surface area contributed by atoms with Crippen molar-refractivity contribution < 1.29 is 24.0 Å². The summed E-state index contributed by atoms with van der Waals surface area (Å²) in [4.78, 5) is 37.2. The summed E-state index contributed by atoms with van der Waals surface area (Å²) in [6, 6.07) is 5.29. The van der Waals surface area contributed by atoms with Crippen LogP contribution in [0.4, 0.5) is 10.5 Å². The van der Waals surface area contributed by atoms with Crippen molar-refractivity contribution in [2.24, 2.45) is 5.92 Å². The Morgan fingerprint density at radius 1 is 1.18 bits per heavy atom. The summed E-state index contributed by atoms with van der Waals surface area (Å²) in [7, 11) is 0. The molecule has 3 atom stereocenters. The number of carbonyl (C=O) groups excluding carboxylic acids is 2. The first-order valence-electron chi connectivity index (χ1n) is 9.86. The molecule has 152 valence electrons. The maximum atomic E-state index is 12.8. The van der Waals surface area contributed by atoms with Crippen LogP contribution in [0.2, 0.25) is 0 Å². The number of hydrogen-bond donors (Lipinski definition) is 0. The molecule has 28 heavy (non-hydrogen) atoms. The number of benzene rings is 1. The third-order valence-electron chi connectivity index (χ3n) is 5.53. The van der Waals surface area contributed by atoms with Crippen LogP contribution in [0, 0.1) is 16.0 Å². The predicted molar refractivity (Wildman–Crippen MR) is 101 cm³/mol. The highest BCUT2D eigenvalue weighted by atomic mass is 16.6. The maximum Gasteiger partial charge on any atom is 0.411 e. The van der Waals surface area contributed by atoms with Gasteiger partial charge in [-0.2, -0.15) is 0 Å². The van der Waals surface area contributed by atoms with Gasteiger partial charge in [-0.05, 0) is 49.3 Å². The quantitative estimate of drug-likeness (QED) is 0.416. The Kier molecular flexibility index (Phi) is 6.49. The molecule has 0 spiro atoms. The molecule has 1 aliphatic carbocycles. The van der Waals surface area contributed by atoms with E-state index in [1.54, 1.807) is 17.0 Å². The van der Waals surface area contributed by atoms with Gasteiger partial charge in [-0.25, -0.2) is 9.59 Å². The van der Waals surface area contributed by atoms with Crippen molar-refractivity contribution in [2.75, 3.05) is 6.61 Å². The number of fused-ring (bicyclic) bond motifs is 1. The van der Waals surface area contributed by atoms with Crippen LogP contribution in [0.5, 0.6) is 0 Å². The second kappa shape index (κ2) is 9.03. The van der Waals surface area contributed by atoms with Gasteiger partial charge in [0.15, 0.2) is 0 Å². The lowest BCUT2D eigenvalue weighted by molar-refractivity contribution is -0.384. The van der Waals surface area contributed by atoms with E-state index in [-0.39, 0.29) is 24.3 Å². The van der Waals surface area contributed by atoms with Crippen molar-refractivity contribution in [1.82, 2.24) is 4.90 Å². The number of rotatable bonds is 6. The highest BCUT2D eigenvalue weighted by Gasteiger charge is 2.48. The van der Waals surface area contributed by atoms with E-state index in [0.717, 1.165) is 32.1 Å². The Morgan fingerprint density at radius 2 is 1.89 bits per heavy atom. The van der Waals surface area contributed by atoms with E-state index in [4.69, 9.17) is 9.47 Å². The number of nitro groups is 1. The molecule has 3 rings (SSSR count). The van der Waals surface area contributed by atoms with Gasteiger partial charge in [0.25, 0.3) is 5.69 Å². The fourth-order valence-electron chi connectivity index (χ4n) is 4.17. The van der Waals surface area contributed by atoms with Crippen LogP contribution < -0.4 is 0 Å². The first kappa shape index (κ1) is 20.1. The molecule has 1 saturated heterocycles. The molecule has 1 saturated carbocycles. The molecule has 8 heteroatoms. The zero-order chi connectivity index (χ0) is 20.1. The predicted octanol–water partition coefficient (Wildman–Crippen LogP) is 3.82. The van der Waals surface area contributed by atoms with Gasteiger partial charge in [-0.1, -0.05) is 19.8 Å². The second-order valence-electron chi connectivity index (χ2n) is 7.42. The molecular weight excluding hydrogens is 364 g/mol. The summed E-state index contributed by atoms with van der Waals surface area (Å²) < 4.78 is 10.8. The van der Waals surface area contributed by atoms with Crippen molar-refractivity contribution in [3.05, 3.63) is 39.9 Å². The monoisotopic (exact) mass is 390 g/mol.